The van der Waals surface area contributed by atoms with Crippen LogP contribution in [0.4, 0.5) is 0 Å². The molecule has 1 aliphatic heterocycles. The van der Waals surface area contributed by atoms with Crippen LogP contribution in [-0.2, 0) is 11.8 Å². The molecule has 7 heteroatoms. The van der Waals surface area contributed by atoms with Crippen LogP contribution in [0.5, 0.6) is 0 Å². The molecule has 0 radical (unpaired) electrons. The minimum absolute atomic E-state index is 0.0116. The Bertz CT molecular complexity index is 692. The van der Waals surface area contributed by atoms with E-state index < -0.39 is 0 Å². The van der Waals surface area contributed by atoms with Crippen LogP contribution in [0.25, 0.3) is 0 Å². The zero-order valence-electron chi connectivity index (χ0n) is 13.2. The first-order valence-corrected chi connectivity index (χ1v) is 7.70. The molecule has 0 aromatic carbocycles. The molecule has 1 saturated heterocycles. The summed E-state index contributed by atoms with van der Waals surface area (Å²) in [6.45, 7) is 2.98. The Morgan fingerprint density at radius 1 is 1.52 bits per heavy atom. The van der Waals surface area contributed by atoms with E-state index in [0.29, 0.717) is 19.5 Å². The molecule has 7 nitrogen and oxygen atoms in total. The normalized spacial score (nSPS) is 21.0. The maximum absolute atomic E-state index is 12.3. The summed E-state index contributed by atoms with van der Waals surface area (Å²) in [6, 6.07) is 3.16. The topological polar surface area (TPSA) is 80.4 Å². The Morgan fingerprint density at radius 2 is 2.35 bits per heavy atom. The molecule has 0 unspecified atom stereocenters. The molecule has 1 fully saturated rings. The number of hydrogen-bond acceptors (Lipinski definition) is 4. The number of nitrogens with zero attached hydrogens (tertiary/aromatic N) is 3. The van der Waals surface area contributed by atoms with Gasteiger partial charge in [0.1, 0.15) is 5.82 Å². The number of aryl methyl sites for hydroxylation is 1. The van der Waals surface area contributed by atoms with Crippen LogP contribution in [0.2, 0.25) is 0 Å². The quantitative estimate of drug-likeness (QED) is 0.903. The van der Waals surface area contributed by atoms with Gasteiger partial charge in [-0.2, -0.15) is 0 Å². The molecule has 1 N–H and O–H groups in total. The van der Waals surface area contributed by atoms with E-state index in [1.807, 2.05) is 29.6 Å². The summed E-state index contributed by atoms with van der Waals surface area (Å²) in [6.07, 6.45) is 5.46. The predicted octanol–water partition coefficient (Wildman–Crippen LogP) is 1.35. The van der Waals surface area contributed by atoms with Crippen LogP contribution < -0.4 is 5.32 Å². The van der Waals surface area contributed by atoms with Crippen molar-refractivity contribution in [3.63, 3.8) is 0 Å². The minimum Gasteiger partial charge on any atom is -0.459 e. The van der Waals surface area contributed by atoms with Crippen LogP contribution in [0.15, 0.2) is 35.2 Å². The van der Waals surface area contributed by atoms with Gasteiger partial charge in [0.05, 0.1) is 12.3 Å². The summed E-state index contributed by atoms with van der Waals surface area (Å²) in [5, 5.41) is 2.85. The number of furan rings is 1. The number of nitrogens with one attached hydrogen (secondary N) is 1. The number of carbonyl (C=O) groups is 2. The van der Waals surface area contributed by atoms with Gasteiger partial charge < -0.3 is 19.2 Å². The van der Waals surface area contributed by atoms with Crippen molar-refractivity contribution in [1.29, 1.82) is 0 Å². The van der Waals surface area contributed by atoms with Gasteiger partial charge in [-0.1, -0.05) is 0 Å². The molecule has 3 rings (SSSR count). The first-order chi connectivity index (χ1) is 11.1. The van der Waals surface area contributed by atoms with E-state index in [1.165, 1.54) is 6.26 Å². The molecule has 2 atom stereocenters. The second kappa shape index (κ2) is 6.28. The highest BCUT2D eigenvalue weighted by atomic mass is 16.3. The van der Waals surface area contributed by atoms with Crippen molar-refractivity contribution in [2.45, 2.75) is 19.4 Å². The van der Waals surface area contributed by atoms with E-state index in [9.17, 15) is 9.59 Å². The highest BCUT2D eigenvalue weighted by Crippen LogP contribution is 2.36. The molecule has 122 valence electrons. The van der Waals surface area contributed by atoms with Crippen molar-refractivity contribution in [3.8, 4) is 0 Å². The van der Waals surface area contributed by atoms with E-state index in [4.69, 9.17) is 4.42 Å². The van der Waals surface area contributed by atoms with E-state index >= 15 is 0 Å². The number of carbonyl (C=O) groups excluding carboxylic acids is 2. The van der Waals surface area contributed by atoms with Gasteiger partial charge in [-0.05, 0) is 19.1 Å². The standard InChI is InChI=1S/C16H20N4O3/c1-3-20-13(21)9-11(14(20)15-17-6-7-19(15)2)10-18-16(22)12-5-4-8-23-12/h4-8,11,14H,3,9-10H2,1-2H3,(H,18,22)/t11-,14+/m0/s1. The molecule has 0 bridgehead atoms. The summed E-state index contributed by atoms with van der Waals surface area (Å²) < 4.78 is 7.01. The maximum atomic E-state index is 12.3. The summed E-state index contributed by atoms with van der Waals surface area (Å²) >= 11 is 0. The van der Waals surface area contributed by atoms with Gasteiger partial charge in [0.2, 0.25) is 5.91 Å². The van der Waals surface area contributed by atoms with Gasteiger partial charge >= 0.3 is 0 Å². The lowest BCUT2D eigenvalue weighted by atomic mass is 9.99. The van der Waals surface area contributed by atoms with Crippen molar-refractivity contribution in [3.05, 3.63) is 42.4 Å². The van der Waals surface area contributed by atoms with Gasteiger partial charge in [-0.25, -0.2) is 4.98 Å². The number of likely N-dealkylation sites (tertiary alicyclic amines) is 1. The van der Waals surface area contributed by atoms with E-state index in [-0.39, 0.29) is 29.5 Å². The molecule has 0 aliphatic carbocycles. The van der Waals surface area contributed by atoms with E-state index in [1.54, 1.807) is 18.3 Å². The largest absolute Gasteiger partial charge is 0.459 e. The summed E-state index contributed by atoms with van der Waals surface area (Å²) in [4.78, 5) is 30.5. The first-order valence-electron chi connectivity index (χ1n) is 7.70. The van der Waals surface area contributed by atoms with Crippen LogP contribution in [0.1, 0.15) is 35.8 Å². The average molecular weight is 316 g/mol. The molecule has 2 amide bonds. The van der Waals surface area contributed by atoms with Gasteiger partial charge in [-0.3, -0.25) is 9.59 Å². The molecule has 3 heterocycles. The maximum Gasteiger partial charge on any atom is 0.286 e. The monoisotopic (exact) mass is 316 g/mol. The van der Waals surface area contributed by atoms with Gasteiger partial charge in [0.15, 0.2) is 5.76 Å². The number of amides is 2. The lowest BCUT2D eigenvalue weighted by molar-refractivity contribution is -0.128. The number of imidazole rings is 1. The van der Waals surface area contributed by atoms with Crippen LogP contribution in [0.3, 0.4) is 0 Å². The molecule has 2 aromatic heterocycles. The number of hydrogen-bond donors (Lipinski definition) is 1. The third-order valence-corrected chi connectivity index (χ3v) is 4.27. The van der Waals surface area contributed by atoms with Gasteiger partial charge in [-0.15, -0.1) is 0 Å². The third-order valence-electron chi connectivity index (χ3n) is 4.27. The Labute approximate surface area is 134 Å². The van der Waals surface area contributed by atoms with E-state index in [0.717, 1.165) is 5.82 Å². The number of rotatable bonds is 5. The average Bonchev–Trinajstić information content (AvgIpc) is 3.24. The zero-order valence-corrected chi connectivity index (χ0v) is 13.2. The molecular formula is C16H20N4O3. The van der Waals surface area contributed by atoms with Crippen LogP contribution in [0, 0.1) is 5.92 Å². The minimum atomic E-state index is -0.268. The predicted molar refractivity (Wildman–Crippen MR) is 82.5 cm³/mol. The fraction of sp³-hybridized carbons (Fsp3) is 0.438. The Balaban J connectivity index is 1.75. The first kappa shape index (κ1) is 15.3. The van der Waals surface area contributed by atoms with E-state index in [2.05, 4.69) is 10.3 Å². The highest BCUT2D eigenvalue weighted by Gasteiger charge is 2.41. The smallest absolute Gasteiger partial charge is 0.286 e. The summed E-state index contributed by atoms with van der Waals surface area (Å²) in [7, 11) is 1.91. The Kier molecular flexibility index (Phi) is 4.18. The summed E-state index contributed by atoms with van der Waals surface area (Å²) in [5.41, 5.74) is 0. The zero-order chi connectivity index (χ0) is 16.4. The van der Waals surface area contributed by atoms with Crippen molar-refractivity contribution in [1.82, 2.24) is 19.8 Å². The number of aromatic nitrogens is 2. The Morgan fingerprint density at radius 3 is 2.96 bits per heavy atom. The molecule has 0 spiro atoms. The summed E-state index contributed by atoms with van der Waals surface area (Å²) in [5.74, 6) is 0.932. The van der Waals surface area contributed by atoms with Crippen molar-refractivity contribution in [2.24, 2.45) is 13.0 Å². The van der Waals surface area contributed by atoms with Crippen molar-refractivity contribution >= 4 is 11.8 Å². The molecule has 1 aliphatic rings. The fourth-order valence-corrected chi connectivity index (χ4v) is 3.15. The van der Waals surface area contributed by atoms with Gasteiger partial charge in [0.25, 0.3) is 5.91 Å². The lowest BCUT2D eigenvalue weighted by Crippen LogP contribution is -2.35. The van der Waals surface area contributed by atoms with Crippen LogP contribution in [-0.4, -0.2) is 39.4 Å². The fourth-order valence-electron chi connectivity index (χ4n) is 3.15. The molecular weight excluding hydrogens is 296 g/mol. The molecule has 2 aromatic rings. The molecule has 0 saturated carbocycles. The lowest BCUT2D eigenvalue weighted by Gasteiger charge is -2.26. The Hall–Kier alpha value is -2.57. The van der Waals surface area contributed by atoms with Crippen molar-refractivity contribution < 1.29 is 14.0 Å². The third kappa shape index (κ3) is 2.86. The van der Waals surface area contributed by atoms with Gasteiger partial charge in [0, 0.05) is 44.9 Å². The van der Waals surface area contributed by atoms with Crippen molar-refractivity contribution in [2.75, 3.05) is 13.1 Å². The second-order valence-electron chi connectivity index (χ2n) is 5.67. The SMILES string of the molecule is CCN1C(=O)C[C@@H](CNC(=O)c2ccco2)[C@@H]1c1nccn1C. The molecule has 23 heavy (non-hydrogen) atoms. The highest BCUT2D eigenvalue weighted by molar-refractivity contribution is 5.91. The second-order valence-corrected chi connectivity index (χ2v) is 5.67. The van der Waals surface area contributed by atoms with Crippen LogP contribution >= 0.6 is 0 Å².